The van der Waals surface area contributed by atoms with Crippen molar-refractivity contribution < 1.29 is 0 Å². The van der Waals surface area contributed by atoms with Gasteiger partial charge >= 0.3 is 0 Å². The third kappa shape index (κ3) is 0.814. The van der Waals surface area contributed by atoms with Crippen molar-refractivity contribution in [2.45, 2.75) is 25.8 Å². The normalized spacial score (nSPS) is 27.8. The first kappa shape index (κ1) is 3.85. The summed E-state index contributed by atoms with van der Waals surface area (Å²) in [4.78, 5) is 3.97. The molecule has 0 fully saturated rings. The smallest absolute Gasteiger partial charge is 0.0843 e. The number of nitrogens with zero attached hydrogens (tertiary/aromatic N) is 1. The highest BCUT2D eigenvalue weighted by Crippen LogP contribution is 2.07. The van der Waals surface area contributed by atoms with Gasteiger partial charge in [-0.2, -0.15) is 0 Å². The minimum absolute atomic E-state index is 0.648. The molecule has 0 aliphatic carbocycles. The Kier molecular flexibility index (Phi) is 0.906. The first-order chi connectivity index (χ1) is 2.93. The van der Waals surface area contributed by atoms with Gasteiger partial charge in [0.25, 0.3) is 0 Å². The molecule has 0 radical (unpaired) electrons. The van der Waals surface area contributed by atoms with Crippen molar-refractivity contribution in [1.82, 2.24) is 0 Å². The molecule has 0 amide bonds. The Morgan fingerprint density at radius 1 is 1.83 bits per heavy atom. The van der Waals surface area contributed by atoms with Gasteiger partial charge in [0.1, 0.15) is 0 Å². The maximum atomic E-state index is 3.97. The van der Waals surface area contributed by atoms with Crippen molar-refractivity contribution in [2.75, 3.05) is 0 Å². The Bertz CT molecular complexity index is 60.3. The monoisotopic (exact) mass is 83.1 g/mol. The quantitative estimate of drug-likeness (QED) is 0.476. The van der Waals surface area contributed by atoms with Crippen molar-refractivity contribution in [2.24, 2.45) is 4.99 Å². The summed E-state index contributed by atoms with van der Waals surface area (Å²) in [6.45, 7) is 2.18. The van der Waals surface area contributed by atoms with E-state index in [0.29, 0.717) is 6.04 Å². The van der Waals surface area contributed by atoms with E-state index >= 15 is 0 Å². The Labute approximate surface area is 38.1 Å². The Hall–Kier alpha value is -0.330. The van der Waals surface area contributed by atoms with E-state index < -0.39 is 0 Å². The maximum Gasteiger partial charge on any atom is 0.0843 e. The van der Waals surface area contributed by atoms with Crippen molar-refractivity contribution in [3.05, 3.63) is 0 Å². The molecule has 0 aromatic carbocycles. The fourth-order valence-corrected chi connectivity index (χ4v) is 0.506. The lowest BCUT2D eigenvalue weighted by Gasteiger charge is -1.81. The predicted molar refractivity (Wildman–Crippen MR) is 27.2 cm³/mol. The molecule has 0 saturated heterocycles. The van der Waals surface area contributed by atoms with E-state index in [1.165, 1.54) is 12.8 Å². The molecule has 0 aromatic rings. The van der Waals surface area contributed by atoms with Gasteiger partial charge in [0.15, 0.2) is 0 Å². The van der Waals surface area contributed by atoms with Crippen LogP contribution in [0.15, 0.2) is 4.99 Å². The minimum Gasteiger partial charge on any atom is -0.286 e. The van der Waals surface area contributed by atoms with Crippen molar-refractivity contribution >= 4 is 6.21 Å². The van der Waals surface area contributed by atoms with Gasteiger partial charge in [0.05, 0.1) is 6.04 Å². The van der Waals surface area contributed by atoms with Gasteiger partial charge in [-0.25, -0.2) is 0 Å². The lowest BCUT2D eigenvalue weighted by atomic mass is 10.3. The molecule has 1 rings (SSSR count). The average Bonchev–Trinajstić information content (AvgIpc) is 2.21. The summed E-state index contributed by atoms with van der Waals surface area (Å²) in [6.07, 6.45) is 4.54. The summed E-state index contributed by atoms with van der Waals surface area (Å²) < 4.78 is 0. The van der Waals surface area contributed by atoms with Crippen molar-refractivity contribution in [3.8, 4) is 0 Å². The molecule has 1 heteroatoms. The lowest BCUT2D eigenvalue weighted by Crippen LogP contribution is -1.82. The standard InChI is InChI=1S/C5H9N/c1-2-3-5-4-6-5/h4-5H,2-3H2,1H3. The molecule has 6 heavy (non-hydrogen) atoms. The summed E-state index contributed by atoms with van der Waals surface area (Å²) in [5.74, 6) is 0. The molecule has 1 nitrogen and oxygen atoms in total. The molecular formula is C5H9N. The van der Waals surface area contributed by atoms with E-state index in [-0.39, 0.29) is 0 Å². The van der Waals surface area contributed by atoms with Crippen LogP contribution in [0.25, 0.3) is 0 Å². The van der Waals surface area contributed by atoms with Gasteiger partial charge in [-0.3, -0.25) is 4.99 Å². The van der Waals surface area contributed by atoms with Gasteiger partial charge < -0.3 is 0 Å². The summed E-state index contributed by atoms with van der Waals surface area (Å²) in [6, 6.07) is 0.648. The van der Waals surface area contributed by atoms with Crippen LogP contribution in [0.4, 0.5) is 0 Å². The molecule has 34 valence electrons. The van der Waals surface area contributed by atoms with Crippen LogP contribution in [-0.4, -0.2) is 12.3 Å². The van der Waals surface area contributed by atoms with Crippen LogP contribution in [0.5, 0.6) is 0 Å². The number of hydrogen-bond donors (Lipinski definition) is 0. The largest absolute Gasteiger partial charge is 0.286 e. The topological polar surface area (TPSA) is 12.4 Å². The van der Waals surface area contributed by atoms with Crippen LogP contribution in [-0.2, 0) is 0 Å². The second-order valence-electron chi connectivity index (χ2n) is 1.65. The van der Waals surface area contributed by atoms with Gasteiger partial charge in [-0.15, -0.1) is 0 Å². The first-order valence-electron chi connectivity index (χ1n) is 2.47. The number of aliphatic imine (C=N–C) groups is 1. The molecular weight excluding hydrogens is 74.1 g/mol. The summed E-state index contributed by atoms with van der Waals surface area (Å²) in [5.41, 5.74) is 0. The Morgan fingerprint density at radius 3 is 2.67 bits per heavy atom. The Morgan fingerprint density at radius 2 is 2.50 bits per heavy atom. The van der Waals surface area contributed by atoms with Gasteiger partial charge in [-0.1, -0.05) is 13.3 Å². The maximum absolute atomic E-state index is 3.97. The van der Waals surface area contributed by atoms with E-state index in [0.717, 1.165) is 0 Å². The highest BCUT2D eigenvalue weighted by atomic mass is 14.9. The molecule has 1 aliphatic rings. The van der Waals surface area contributed by atoms with Crippen LogP contribution in [0.2, 0.25) is 0 Å². The van der Waals surface area contributed by atoms with E-state index in [9.17, 15) is 0 Å². The molecule has 1 heterocycles. The van der Waals surface area contributed by atoms with Gasteiger partial charge in [0, 0.05) is 6.21 Å². The van der Waals surface area contributed by atoms with E-state index in [1.54, 1.807) is 0 Å². The van der Waals surface area contributed by atoms with Crippen molar-refractivity contribution in [3.63, 3.8) is 0 Å². The molecule has 0 aromatic heterocycles. The lowest BCUT2D eigenvalue weighted by molar-refractivity contribution is 0.800. The second kappa shape index (κ2) is 1.41. The first-order valence-corrected chi connectivity index (χ1v) is 2.47. The third-order valence-electron chi connectivity index (χ3n) is 0.944. The summed E-state index contributed by atoms with van der Waals surface area (Å²) in [5, 5.41) is 0. The van der Waals surface area contributed by atoms with Crippen LogP contribution in [0.1, 0.15) is 19.8 Å². The number of hydrogen-bond acceptors (Lipinski definition) is 1. The molecule has 1 unspecified atom stereocenters. The van der Waals surface area contributed by atoms with Crippen LogP contribution in [0, 0.1) is 0 Å². The predicted octanol–water partition coefficient (Wildman–Crippen LogP) is 1.24. The fraction of sp³-hybridized carbons (Fsp3) is 0.800. The van der Waals surface area contributed by atoms with E-state index in [4.69, 9.17) is 0 Å². The molecule has 1 atom stereocenters. The van der Waals surface area contributed by atoms with Gasteiger partial charge in [0.2, 0.25) is 0 Å². The zero-order chi connectivity index (χ0) is 4.41. The number of rotatable bonds is 2. The molecule has 0 bridgehead atoms. The molecule has 1 aliphatic heterocycles. The highest BCUT2D eigenvalue weighted by molar-refractivity contribution is 5.77. The SMILES string of the molecule is CCCC1C=N1. The minimum atomic E-state index is 0.648. The van der Waals surface area contributed by atoms with Crippen LogP contribution >= 0.6 is 0 Å². The van der Waals surface area contributed by atoms with E-state index in [2.05, 4.69) is 11.9 Å². The van der Waals surface area contributed by atoms with Crippen LogP contribution in [0.3, 0.4) is 0 Å². The zero-order valence-corrected chi connectivity index (χ0v) is 4.02. The van der Waals surface area contributed by atoms with Crippen molar-refractivity contribution in [1.29, 1.82) is 0 Å². The molecule has 0 saturated carbocycles. The molecule has 0 N–H and O–H groups in total. The molecule has 0 spiro atoms. The summed E-state index contributed by atoms with van der Waals surface area (Å²) >= 11 is 0. The zero-order valence-electron chi connectivity index (χ0n) is 4.02. The fourth-order valence-electron chi connectivity index (χ4n) is 0.506. The Balaban J connectivity index is 1.90. The second-order valence-corrected chi connectivity index (χ2v) is 1.65. The van der Waals surface area contributed by atoms with E-state index in [1.807, 2.05) is 6.21 Å². The average molecular weight is 83.1 g/mol. The van der Waals surface area contributed by atoms with Crippen LogP contribution < -0.4 is 0 Å². The highest BCUT2D eigenvalue weighted by Gasteiger charge is 2.08. The summed E-state index contributed by atoms with van der Waals surface area (Å²) in [7, 11) is 0. The third-order valence-corrected chi connectivity index (χ3v) is 0.944. The van der Waals surface area contributed by atoms with Gasteiger partial charge in [-0.05, 0) is 6.42 Å².